The van der Waals surface area contributed by atoms with Gasteiger partial charge >= 0.3 is 0 Å². The minimum Gasteiger partial charge on any atom is -0.484 e. The van der Waals surface area contributed by atoms with Crippen molar-refractivity contribution in [2.75, 3.05) is 0 Å². The first-order chi connectivity index (χ1) is 8.06. The Labute approximate surface area is 119 Å². The molecule has 1 aromatic carbocycles. The second kappa shape index (κ2) is 5.47. The number of hydrogen-bond donors (Lipinski definition) is 0. The molecule has 1 unspecified atom stereocenters. The number of benzene rings is 1. The molecular weight excluding hydrogens is 323 g/mol. The molecule has 0 aromatic heterocycles. The lowest BCUT2D eigenvalue weighted by Crippen LogP contribution is -2.15. The van der Waals surface area contributed by atoms with Gasteiger partial charge in [-0.05, 0) is 46.6 Å². The summed E-state index contributed by atoms with van der Waals surface area (Å²) in [7, 11) is 0. The second-order valence-corrected chi connectivity index (χ2v) is 5.56. The summed E-state index contributed by atoms with van der Waals surface area (Å²) in [5, 5.41) is 1.30. The summed E-state index contributed by atoms with van der Waals surface area (Å²) in [6.07, 6.45) is 4.58. The van der Waals surface area contributed by atoms with Crippen molar-refractivity contribution in [3.8, 4) is 5.75 Å². The van der Waals surface area contributed by atoms with Gasteiger partial charge < -0.3 is 4.74 Å². The summed E-state index contributed by atoms with van der Waals surface area (Å²) in [5.41, 5.74) is 1.11. The summed E-state index contributed by atoms with van der Waals surface area (Å²) in [6.45, 7) is 1.99. The fourth-order valence-corrected chi connectivity index (χ4v) is 2.39. The van der Waals surface area contributed by atoms with E-state index in [-0.39, 0.29) is 6.10 Å². The molecule has 0 fully saturated rings. The monoisotopic (exact) mass is 332 g/mol. The van der Waals surface area contributed by atoms with Crippen LogP contribution in [0.1, 0.15) is 12.0 Å². The highest BCUT2D eigenvalue weighted by atomic mass is 79.9. The van der Waals surface area contributed by atoms with E-state index in [1.165, 1.54) is 0 Å². The third-order valence-electron chi connectivity index (χ3n) is 2.46. The van der Waals surface area contributed by atoms with Crippen molar-refractivity contribution >= 4 is 39.1 Å². The van der Waals surface area contributed by atoms with E-state index < -0.39 is 0 Å². The molecule has 0 saturated carbocycles. The van der Waals surface area contributed by atoms with Gasteiger partial charge in [0.25, 0.3) is 0 Å². The van der Waals surface area contributed by atoms with Gasteiger partial charge in [0.15, 0.2) is 0 Å². The van der Waals surface area contributed by atoms with Crippen molar-refractivity contribution < 1.29 is 4.74 Å². The lowest BCUT2D eigenvalue weighted by atomic mass is 10.1. The Bertz CT molecular complexity index is 494. The van der Waals surface area contributed by atoms with Gasteiger partial charge in [0.2, 0.25) is 0 Å². The zero-order valence-corrected chi connectivity index (χ0v) is 12.3. The molecule has 0 bridgehead atoms. The third kappa shape index (κ3) is 3.27. The van der Waals surface area contributed by atoms with Gasteiger partial charge in [0.1, 0.15) is 11.9 Å². The number of allylic oxidation sites excluding steroid dienone is 2. The van der Waals surface area contributed by atoms with E-state index >= 15 is 0 Å². The number of hydrogen-bond acceptors (Lipinski definition) is 1. The van der Waals surface area contributed by atoms with Crippen LogP contribution in [0.5, 0.6) is 5.75 Å². The van der Waals surface area contributed by atoms with Crippen LogP contribution in [0.15, 0.2) is 39.9 Å². The molecule has 0 aliphatic heterocycles. The number of halogens is 3. The van der Waals surface area contributed by atoms with Crippen LogP contribution in [-0.2, 0) is 0 Å². The van der Waals surface area contributed by atoms with Crippen LogP contribution < -0.4 is 4.74 Å². The van der Waals surface area contributed by atoms with Crippen LogP contribution in [-0.4, -0.2) is 6.10 Å². The molecule has 0 spiro atoms. The van der Waals surface area contributed by atoms with Gasteiger partial charge in [0.05, 0.1) is 10.1 Å². The molecule has 0 saturated heterocycles. The SMILES string of the molecule is Cc1ccc(OC2C=C(Cl)C(Br)=CC2)c(Cl)c1. The van der Waals surface area contributed by atoms with Gasteiger partial charge in [0, 0.05) is 10.9 Å². The minimum atomic E-state index is -0.0657. The van der Waals surface area contributed by atoms with Crippen molar-refractivity contribution in [3.05, 3.63) is 50.5 Å². The smallest absolute Gasteiger partial charge is 0.138 e. The van der Waals surface area contributed by atoms with E-state index in [9.17, 15) is 0 Å². The lowest BCUT2D eigenvalue weighted by Gasteiger charge is -2.19. The first kappa shape index (κ1) is 13.0. The molecular formula is C13H11BrCl2O. The molecule has 0 radical (unpaired) electrons. The maximum absolute atomic E-state index is 6.11. The third-order valence-corrected chi connectivity index (χ3v) is 4.06. The first-order valence-electron chi connectivity index (χ1n) is 5.22. The lowest BCUT2D eigenvalue weighted by molar-refractivity contribution is 0.251. The molecule has 1 aliphatic carbocycles. The molecule has 1 aliphatic rings. The standard InChI is InChI=1S/C13H11BrCl2O/c1-8-2-5-13(12(16)6-8)17-9-3-4-10(14)11(15)7-9/h2,4-7,9H,3H2,1H3. The fourth-order valence-electron chi connectivity index (χ4n) is 1.57. The molecule has 1 aromatic rings. The predicted octanol–water partition coefficient (Wildman–Crippen LogP) is 5.20. The zero-order chi connectivity index (χ0) is 12.4. The Morgan fingerprint density at radius 3 is 2.76 bits per heavy atom. The Kier molecular flexibility index (Phi) is 4.18. The topological polar surface area (TPSA) is 9.23 Å². The Morgan fingerprint density at radius 1 is 1.35 bits per heavy atom. The summed E-state index contributed by atoms with van der Waals surface area (Å²) in [6, 6.07) is 5.74. The first-order valence-corrected chi connectivity index (χ1v) is 6.77. The summed E-state index contributed by atoms with van der Waals surface area (Å²) >= 11 is 15.5. The highest BCUT2D eigenvalue weighted by Gasteiger charge is 2.15. The van der Waals surface area contributed by atoms with Crippen molar-refractivity contribution in [2.24, 2.45) is 0 Å². The fraction of sp³-hybridized carbons (Fsp3) is 0.231. The van der Waals surface area contributed by atoms with E-state index in [1.54, 1.807) is 0 Å². The van der Waals surface area contributed by atoms with Crippen LogP contribution in [0.3, 0.4) is 0 Å². The molecule has 0 amide bonds. The molecule has 0 N–H and O–H groups in total. The van der Waals surface area contributed by atoms with E-state index in [1.807, 2.05) is 37.3 Å². The molecule has 1 nitrogen and oxygen atoms in total. The largest absolute Gasteiger partial charge is 0.484 e. The van der Waals surface area contributed by atoms with E-state index in [0.29, 0.717) is 15.8 Å². The number of rotatable bonds is 2. The zero-order valence-electron chi connectivity index (χ0n) is 9.21. The van der Waals surface area contributed by atoms with Gasteiger partial charge in [-0.15, -0.1) is 0 Å². The predicted molar refractivity (Wildman–Crippen MR) is 76.2 cm³/mol. The van der Waals surface area contributed by atoms with Gasteiger partial charge in [-0.25, -0.2) is 0 Å². The van der Waals surface area contributed by atoms with Crippen LogP contribution in [0.2, 0.25) is 5.02 Å². The average Bonchev–Trinajstić information content (AvgIpc) is 2.27. The average molecular weight is 334 g/mol. The Balaban J connectivity index is 2.13. The van der Waals surface area contributed by atoms with Crippen LogP contribution in [0.4, 0.5) is 0 Å². The highest BCUT2D eigenvalue weighted by Crippen LogP contribution is 2.31. The van der Waals surface area contributed by atoms with Gasteiger partial charge in [-0.2, -0.15) is 0 Å². The van der Waals surface area contributed by atoms with E-state index in [4.69, 9.17) is 27.9 Å². The highest BCUT2D eigenvalue weighted by molar-refractivity contribution is 9.12. The van der Waals surface area contributed by atoms with Crippen LogP contribution in [0, 0.1) is 6.92 Å². The van der Waals surface area contributed by atoms with Gasteiger partial charge in [-0.3, -0.25) is 0 Å². The summed E-state index contributed by atoms with van der Waals surface area (Å²) < 4.78 is 6.71. The normalized spacial score (nSPS) is 19.6. The molecule has 4 heteroatoms. The molecule has 2 rings (SSSR count). The maximum atomic E-state index is 6.11. The van der Waals surface area contributed by atoms with Crippen molar-refractivity contribution in [3.63, 3.8) is 0 Å². The molecule has 1 atom stereocenters. The van der Waals surface area contributed by atoms with Crippen molar-refractivity contribution in [1.82, 2.24) is 0 Å². The Morgan fingerprint density at radius 2 is 2.12 bits per heavy atom. The van der Waals surface area contributed by atoms with E-state index in [2.05, 4.69) is 15.9 Å². The number of ether oxygens (including phenoxy) is 1. The maximum Gasteiger partial charge on any atom is 0.138 e. The molecule has 90 valence electrons. The summed E-state index contributed by atoms with van der Waals surface area (Å²) in [4.78, 5) is 0. The Hall–Kier alpha value is -0.440. The second-order valence-electron chi connectivity index (χ2n) is 3.89. The van der Waals surface area contributed by atoms with Crippen molar-refractivity contribution in [2.45, 2.75) is 19.4 Å². The van der Waals surface area contributed by atoms with E-state index in [0.717, 1.165) is 16.5 Å². The molecule has 17 heavy (non-hydrogen) atoms. The van der Waals surface area contributed by atoms with Crippen LogP contribution in [0.25, 0.3) is 0 Å². The summed E-state index contributed by atoms with van der Waals surface area (Å²) in [5.74, 6) is 0.689. The minimum absolute atomic E-state index is 0.0657. The quantitative estimate of drug-likeness (QED) is 0.722. The number of aryl methyl sites for hydroxylation is 1. The van der Waals surface area contributed by atoms with Crippen molar-refractivity contribution in [1.29, 1.82) is 0 Å². The van der Waals surface area contributed by atoms with Gasteiger partial charge in [-0.1, -0.05) is 35.3 Å². The van der Waals surface area contributed by atoms with Crippen LogP contribution >= 0.6 is 39.1 Å². The molecule has 0 heterocycles.